The van der Waals surface area contributed by atoms with Gasteiger partial charge in [-0.1, -0.05) is 17.7 Å². The van der Waals surface area contributed by atoms with Crippen molar-refractivity contribution in [1.82, 2.24) is 0 Å². The van der Waals surface area contributed by atoms with E-state index < -0.39 is 29.7 Å². The minimum atomic E-state index is -1.01. The second-order valence-electron chi connectivity index (χ2n) is 4.66. The molecule has 0 fully saturated rings. The zero-order chi connectivity index (χ0) is 17.7. The number of carbonyl (C=O) groups is 2. The molecular formula is C17H14ClFO5. The van der Waals surface area contributed by atoms with Gasteiger partial charge in [0.05, 0.1) is 24.8 Å². The van der Waals surface area contributed by atoms with E-state index in [0.717, 1.165) is 6.07 Å². The van der Waals surface area contributed by atoms with Gasteiger partial charge in [0.1, 0.15) is 22.9 Å². The Kier molecular flexibility index (Phi) is 5.76. The van der Waals surface area contributed by atoms with E-state index in [9.17, 15) is 14.0 Å². The second-order valence-corrected chi connectivity index (χ2v) is 5.07. The van der Waals surface area contributed by atoms with Crippen LogP contribution in [-0.2, 0) is 4.74 Å². The normalized spacial score (nSPS) is 10.2. The third-order valence-corrected chi connectivity index (χ3v) is 3.53. The SMILES string of the molecule is COc1ccc(C(=O)COC(=O)c2c(F)cccc2Cl)c(OC)c1. The van der Waals surface area contributed by atoms with Gasteiger partial charge in [-0.2, -0.15) is 0 Å². The molecule has 0 saturated carbocycles. The maximum Gasteiger partial charge on any atom is 0.343 e. The number of hydrogen-bond donors (Lipinski definition) is 0. The third-order valence-electron chi connectivity index (χ3n) is 3.21. The standard InChI is InChI=1S/C17H14ClFO5/c1-22-10-6-7-11(15(8-10)23-2)14(20)9-24-17(21)16-12(18)4-3-5-13(16)19/h3-8H,9H2,1-2H3. The van der Waals surface area contributed by atoms with Crippen LogP contribution in [0.3, 0.4) is 0 Å². The highest BCUT2D eigenvalue weighted by molar-refractivity contribution is 6.33. The smallest absolute Gasteiger partial charge is 0.343 e. The predicted octanol–water partition coefficient (Wildman–Crippen LogP) is 3.54. The Bertz CT molecular complexity index is 755. The summed E-state index contributed by atoms with van der Waals surface area (Å²) in [5.74, 6) is -1.55. The Morgan fingerprint density at radius 3 is 2.50 bits per heavy atom. The largest absolute Gasteiger partial charge is 0.497 e. The lowest BCUT2D eigenvalue weighted by molar-refractivity contribution is 0.0469. The van der Waals surface area contributed by atoms with Crippen molar-refractivity contribution in [2.24, 2.45) is 0 Å². The average molecular weight is 353 g/mol. The Hall–Kier alpha value is -2.60. The molecule has 0 aliphatic rings. The van der Waals surface area contributed by atoms with Crippen LogP contribution in [0, 0.1) is 5.82 Å². The van der Waals surface area contributed by atoms with E-state index in [1.54, 1.807) is 6.07 Å². The highest BCUT2D eigenvalue weighted by Crippen LogP contribution is 2.25. The summed E-state index contributed by atoms with van der Waals surface area (Å²) < 4.78 is 28.7. The van der Waals surface area contributed by atoms with E-state index in [1.807, 2.05) is 0 Å². The molecule has 5 nitrogen and oxygen atoms in total. The zero-order valence-corrected chi connectivity index (χ0v) is 13.7. The van der Waals surface area contributed by atoms with Crippen LogP contribution in [0.25, 0.3) is 0 Å². The van der Waals surface area contributed by atoms with E-state index in [2.05, 4.69) is 0 Å². The van der Waals surface area contributed by atoms with Crippen molar-refractivity contribution < 1.29 is 28.2 Å². The van der Waals surface area contributed by atoms with Gasteiger partial charge in [-0.15, -0.1) is 0 Å². The van der Waals surface area contributed by atoms with Crippen LogP contribution in [-0.4, -0.2) is 32.6 Å². The lowest BCUT2D eigenvalue weighted by atomic mass is 10.1. The zero-order valence-electron chi connectivity index (χ0n) is 13.0. The summed E-state index contributed by atoms with van der Waals surface area (Å²) in [6.45, 7) is -0.577. The van der Waals surface area contributed by atoms with E-state index in [-0.39, 0.29) is 16.3 Å². The molecule has 2 aromatic rings. The molecule has 2 aromatic carbocycles. The van der Waals surface area contributed by atoms with Crippen molar-refractivity contribution in [3.05, 3.63) is 58.4 Å². The van der Waals surface area contributed by atoms with E-state index in [0.29, 0.717) is 5.75 Å². The van der Waals surface area contributed by atoms with E-state index in [4.69, 9.17) is 25.8 Å². The molecule has 0 aromatic heterocycles. The van der Waals surface area contributed by atoms with Gasteiger partial charge in [0.15, 0.2) is 6.61 Å². The summed E-state index contributed by atoms with van der Waals surface area (Å²) in [6.07, 6.45) is 0. The summed E-state index contributed by atoms with van der Waals surface area (Å²) in [5, 5.41) is -0.0884. The summed E-state index contributed by atoms with van der Waals surface area (Å²) in [4.78, 5) is 24.1. The number of halogens is 2. The molecule has 0 saturated heterocycles. The topological polar surface area (TPSA) is 61.8 Å². The van der Waals surface area contributed by atoms with Gasteiger partial charge < -0.3 is 14.2 Å². The van der Waals surface area contributed by atoms with Crippen LogP contribution in [0.1, 0.15) is 20.7 Å². The maximum atomic E-state index is 13.6. The van der Waals surface area contributed by atoms with Crippen LogP contribution in [0.4, 0.5) is 4.39 Å². The van der Waals surface area contributed by atoms with Crippen LogP contribution in [0.5, 0.6) is 11.5 Å². The fourth-order valence-electron chi connectivity index (χ4n) is 2.00. The summed E-state index contributed by atoms with van der Waals surface area (Å²) in [7, 11) is 2.88. The fourth-order valence-corrected chi connectivity index (χ4v) is 2.24. The van der Waals surface area contributed by atoms with Crippen molar-refractivity contribution >= 4 is 23.4 Å². The molecule has 2 rings (SSSR count). The van der Waals surface area contributed by atoms with Gasteiger partial charge >= 0.3 is 5.97 Å². The number of ether oxygens (including phenoxy) is 3. The predicted molar refractivity (Wildman–Crippen MR) is 85.6 cm³/mol. The fraction of sp³-hybridized carbons (Fsp3) is 0.176. The first-order valence-corrected chi connectivity index (χ1v) is 7.22. The number of hydrogen-bond acceptors (Lipinski definition) is 5. The van der Waals surface area contributed by atoms with Gasteiger partial charge in [-0.05, 0) is 24.3 Å². The lowest BCUT2D eigenvalue weighted by Gasteiger charge is -2.10. The molecule has 0 aliphatic heterocycles. The van der Waals surface area contributed by atoms with Gasteiger partial charge in [0.25, 0.3) is 0 Å². The number of carbonyl (C=O) groups excluding carboxylic acids is 2. The molecule has 0 atom stereocenters. The highest BCUT2D eigenvalue weighted by atomic mass is 35.5. The van der Waals surface area contributed by atoms with Crippen molar-refractivity contribution in [3.63, 3.8) is 0 Å². The molecule has 126 valence electrons. The van der Waals surface area contributed by atoms with Gasteiger partial charge in [0, 0.05) is 6.07 Å². The highest BCUT2D eigenvalue weighted by Gasteiger charge is 2.20. The molecule has 0 aliphatic carbocycles. The first kappa shape index (κ1) is 17.7. The first-order valence-electron chi connectivity index (χ1n) is 6.84. The van der Waals surface area contributed by atoms with Gasteiger partial charge in [0.2, 0.25) is 5.78 Å². The van der Waals surface area contributed by atoms with Crippen molar-refractivity contribution in [3.8, 4) is 11.5 Å². The maximum absolute atomic E-state index is 13.6. The summed E-state index contributed by atoms with van der Waals surface area (Å²) in [5.41, 5.74) is -0.195. The molecule has 7 heteroatoms. The van der Waals surface area contributed by atoms with Gasteiger partial charge in [-0.25, -0.2) is 9.18 Å². The number of Topliss-reactive ketones (excluding diaryl/α,β-unsaturated/α-hetero) is 1. The monoisotopic (exact) mass is 352 g/mol. The Balaban J connectivity index is 2.12. The second kappa shape index (κ2) is 7.79. The van der Waals surface area contributed by atoms with Crippen LogP contribution in [0.2, 0.25) is 5.02 Å². The van der Waals surface area contributed by atoms with Crippen molar-refractivity contribution in [2.45, 2.75) is 0 Å². The molecule has 0 radical (unpaired) electrons. The average Bonchev–Trinajstić information content (AvgIpc) is 2.58. The molecular weight excluding hydrogens is 339 g/mol. The summed E-state index contributed by atoms with van der Waals surface area (Å²) in [6, 6.07) is 8.40. The van der Waals surface area contributed by atoms with Crippen LogP contribution >= 0.6 is 11.6 Å². The number of ketones is 1. The molecule has 0 heterocycles. The first-order chi connectivity index (χ1) is 11.5. The van der Waals surface area contributed by atoms with E-state index >= 15 is 0 Å². The molecule has 0 spiro atoms. The number of benzene rings is 2. The number of methoxy groups -OCH3 is 2. The Morgan fingerprint density at radius 2 is 1.88 bits per heavy atom. The molecule has 0 N–H and O–H groups in total. The Labute approximate surface area is 142 Å². The summed E-state index contributed by atoms with van der Waals surface area (Å²) >= 11 is 5.78. The number of rotatable bonds is 6. The van der Waals surface area contributed by atoms with Crippen LogP contribution < -0.4 is 9.47 Å². The molecule has 0 unspecified atom stereocenters. The van der Waals surface area contributed by atoms with Crippen molar-refractivity contribution in [1.29, 1.82) is 0 Å². The Morgan fingerprint density at radius 1 is 1.12 bits per heavy atom. The minimum absolute atomic E-state index is 0.0884. The number of esters is 1. The lowest BCUT2D eigenvalue weighted by Crippen LogP contribution is -2.16. The molecule has 0 amide bonds. The third kappa shape index (κ3) is 3.83. The molecule has 0 bridgehead atoms. The van der Waals surface area contributed by atoms with Crippen molar-refractivity contribution in [2.75, 3.05) is 20.8 Å². The van der Waals surface area contributed by atoms with E-state index in [1.165, 1.54) is 38.5 Å². The van der Waals surface area contributed by atoms with Crippen LogP contribution in [0.15, 0.2) is 36.4 Å². The quantitative estimate of drug-likeness (QED) is 0.588. The molecule has 24 heavy (non-hydrogen) atoms. The van der Waals surface area contributed by atoms with Gasteiger partial charge in [-0.3, -0.25) is 4.79 Å². The minimum Gasteiger partial charge on any atom is -0.497 e.